The summed E-state index contributed by atoms with van der Waals surface area (Å²) >= 11 is 0. The number of rotatable bonds is 2. The van der Waals surface area contributed by atoms with E-state index in [4.69, 9.17) is 0 Å². The number of amides is 2. The number of halogens is 2. The molecule has 3 aromatic carbocycles. The Kier molecular flexibility index (Phi) is 5.54. The van der Waals surface area contributed by atoms with Crippen molar-refractivity contribution in [3.8, 4) is 11.3 Å². The molecule has 2 amide bonds. The predicted octanol–water partition coefficient (Wildman–Crippen LogP) is 5.31. The Morgan fingerprint density at radius 3 is 2.13 bits per heavy atom. The van der Waals surface area contributed by atoms with Gasteiger partial charge in [0.25, 0.3) is 11.8 Å². The number of carbonyl (C=O) groups is 2. The highest BCUT2D eigenvalue weighted by Gasteiger charge is 2.25. The van der Waals surface area contributed by atoms with E-state index in [9.17, 15) is 18.4 Å². The number of nitrogens with one attached hydrogen (secondary N) is 1. The molecule has 2 heterocycles. The van der Waals surface area contributed by atoms with Crippen LogP contribution in [-0.4, -0.2) is 16.8 Å². The third-order valence-corrected chi connectivity index (χ3v) is 4.98. The quantitative estimate of drug-likeness (QED) is 0.451. The minimum atomic E-state index is -0.320. The molecule has 0 spiro atoms. The van der Waals surface area contributed by atoms with E-state index in [1.165, 1.54) is 24.3 Å². The zero-order valence-electron chi connectivity index (χ0n) is 16.7. The Labute approximate surface area is 177 Å². The van der Waals surface area contributed by atoms with Crippen LogP contribution in [0.1, 0.15) is 33.2 Å². The third kappa shape index (κ3) is 4.19. The van der Waals surface area contributed by atoms with Gasteiger partial charge in [-0.15, -0.1) is 0 Å². The van der Waals surface area contributed by atoms with E-state index in [1.54, 1.807) is 36.4 Å². The largest absolute Gasteiger partial charge is 0.288 e. The second kappa shape index (κ2) is 8.44. The molecule has 1 aliphatic heterocycles. The van der Waals surface area contributed by atoms with Crippen LogP contribution < -0.4 is 5.32 Å². The molecule has 0 unspecified atom stereocenters. The summed E-state index contributed by atoms with van der Waals surface area (Å²) in [5, 5.41) is 3.10. The lowest BCUT2D eigenvalue weighted by Crippen LogP contribution is -2.19. The highest BCUT2D eigenvalue weighted by atomic mass is 19.1. The summed E-state index contributed by atoms with van der Waals surface area (Å²) in [6, 6.07) is 19.6. The van der Waals surface area contributed by atoms with E-state index in [2.05, 4.69) is 10.3 Å². The summed E-state index contributed by atoms with van der Waals surface area (Å²) in [7, 11) is 0. The van der Waals surface area contributed by atoms with E-state index in [0.29, 0.717) is 27.9 Å². The van der Waals surface area contributed by atoms with Crippen LogP contribution in [0, 0.1) is 11.6 Å². The molecule has 4 aromatic rings. The van der Waals surface area contributed by atoms with E-state index in [0.717, 1.165) is 17.4 Å². The van der Waals surface area contributed by atoms with Gasteiger partial charge in [0.2, 0.25) is 0 Å². The summed E-state index contributed by atoms with van der Waals surface area (Å²) in [5.41, 5.74) is 3.98. The number of benzene rings is 3. The van der Waals surface area contributed by atoms with Gasteiger partial charge >= 0.3 is 0 Å². The first-order valence-corrected chi connectivity index (χ1v) is 9.76. The zero-order chi connectivity index (χ0) is 22.0. The Balaban J connectivity index is 0.000000177. The van der Waals surface area contributed by atoms with Crippen molar-refractivity contribution in [1.29, 1.82) is 0 Å². The van der Waals surface area contributed by atoms with Gasteiger partial charge in [-0.25, -0.2) is 13.8 Å². The lowest BCUT2D eigenvalue weighted by molar-refractivity contribution is 0.0879. The van der Waals surface area contributed by atoms with Crippen molar-refractivity contribution in [1.82, 2.24) is 10.3 Å². The summed E-state index contributed by atoms with van der Waals surface area (Å²) in [5.74, 6) is -1.22. The topological polar surface area (TPSA) is 59.1 Å². The molecule has 154 valence electrons. The molecule has 0 atom stereocenters. The molecule has 1 N–H and O–H groups in total. The van der Waals surface area contributed by atoms with Gasteiger partial charge < -0.3 is 0 Å². The van der Waals surface area contributed by atoms with Crippen LogP contribution in [0.25, 0.3) is 22.2 Å². The normalized spacial score (nSPS) is 12.2. The molecule has 0 saturated heterocycles. The molecule has 5 rings (SSSR count). The van der Waals surface area contributed by atoms with E-state index < -0.39 is 0 Å². The van der Waals surface area contributed by atoms with E-state index in [1.807, 2.05) is 19.1 Å². The Hall–Kier alpha value is -3.93. The smallest absolute Gasteiger partial charge is 0.258 e. The minimum absolute atomic E-state index is 0.300. The van der Waals surface area contributed by atoms with Gasteiger partial charge in [0.05, 0.1) is 22.3 Å². The number of aryl methyl sites for hydroxylation is 1. The van der Waals surface area contributed by atoms with Crippen LogP contribution in [0.15, 0.2) is 72.8 Å². The maximum Gasteiger partial charge on any atom is 0.258 e. The Morgan fingerprint density at radius 1 is 0.806 bits per heavy atom. The summed E-state index contributed by atoms with van der Waals surface area (Å²) < 4.78 is 26.7. The van der Waals surface area contributed by atoms with Crippen molar-refractivity contribution in [2.24, 2.45) is 0 Å². The first-order valence-electron chi connectivity index (χ1n) is 9.76. The minimum Gasteiger partial charge on any atom is -0.288 e. The van der Waals surface area contributed by atoms with E-state index in [-0.39, 0.29) is 23.4 Å². The number of imide groups is 1. The van der Waals surface area contributed by atoms with Gasteiger partial charge in [-0.2, -0.15) is 0 Å². The second-order valence-corrected chi connectivity index (χ2v) is 7.03. The molecule has 6 heteroatoms. The van der Waals surface area contributed by atoms with Crippen molar-refractivity contribution >= 4 is 22.7 Å². The summed E-state index contributed by atoms with van der Waals surface area (Å²) in [6.45, 7) is 2.02. The first-order chi connectivity index (χ1) is 15.0. The molecule has 0 aliphatic carbocycles. The molecule has 0 fully saturated rings. The summed E-state index contributed by atoms with van der Waals surface area (Å²) in [6.07, 6.45) is 0.784. The van der Waals surface area contributed by atoms with Crippen molar-refractivity contribution in [2.75, 3.05) is 0 Å². The zero-order valence-corrected chi connectivity index (χ0v) is 16.7. The van der Waals surface area contributed by atoms with Crippen LogP contribution >= 0.6 is 0 Å². The second-order valence-electron chi connectivity index (χ2n) is 7.03. The molecule has 1 aliphatic rings. The monoisotopic (exact) mass is 416 g/mol. The standard InChI is InChI=1S/C17H13F2N.C8H5NO2/c1-2-11-8-12-6-7-15(19)10-16(12)20-17(11)13-4-3-5-14(18)9-13;10-7-5-3-1-2-4-6(5)8(11)9-7/h3-10H,2H2,1H3;1-4H,(H,9,10,11). The van der Waals surface area contributed by atoms with Gasteiger partial charge in [0, 0.05) is 17.0 Å². The fourth-order valence-electron chi connectivity index (χ4n) is 3.46. The van der Waals surface area contributed by atoms with Gasteiger partial charge in [-0.1, -0.05) is 31.2 Å². The Bertz CT molecular complexity index is 1290. The number of aromatic nitrogens is 1. The van der Waals surface area contributed by atoms with Gasteiger partial charge in [0.15, 0.2) is 0 Å². The molecule has 0 saturated carbocycles. The number of hydrogen-bond acceptors (Lipinski definition) is 3. The molecular weight excluding hydrogens is 398 g/mol. The molecular formula is C25H18F2N2O2. The molecule has 4 nitrogen and oxygen atoms in total. The number of pyridine rings is 1. The van der Waals surface area contributed by atoms with Crippen LogP contribution in [0.3, 0.4) is 0 Å². The van der Waals surface area contributed by atoms with Crippen LogP contribution in [0.4, 0.5) is 8.78 Å². The Morgan fingerprint density at radius 2 is 1.48 bits per heavy atom. The highest BCUT2D eigenvalue weighted by molar-refractivity contribution is 6.21. The SMILES string of the molecule is CCc1cc2ccc(F)cc2nc1-c1cccc(F)c1.O=C1NC(=O)c2ccccc21. The average Bonchev–Trinajstić information content (AvgIpc) is 3.07. The maximum atomic E-state index is 13.4. The lowest BCUT2D eigenvalue weighted by Gasteiger charge is -2.09. The van der Waals surface area contributed by atoms with Crippen LogP contribution in [-0.2, 0) is 6.42 Å². The molecule has 31 heavy (non-hydrogen) atoms. The van der Waals surface area contributed by atoms with Gasteiger partial charge in [-0.05, 0) is 54.4 Å². The predicted molar refractivity (Wildman–Crippen MR) is 115 cm³/mol. The molecule has 0 radical (unpaired) electrons. The van der Waals surface area contributed by atoms with Crippen LogP contribution in [0.2, 0.25) is 0 Å². The average molecular weight is 416 g/mol. The maximum absolute atomic E-state index is 13.4. The van der Waals surface area contributed by atoms with Crippen molar-refractivity contribution in [3.63, 3.8) is 0 Å². The van der Waals surface area contributed by atoms with Crippen molar-refractivity contribution < 1.29 is 18.4 Å². The fraction of sp³-hybridized carbons (Fsp3) is 0.0800. The molecule has 0 bridgehead atoms. The van der Waals surface area contributed by atoms with Crippen molar-refractivity contribution in [3.05, 3.63) is 101 Å². The van der Waals surface area contributed by atoms with Crippen molar-refractivity contribution in [2.45, 2.75) is 13.3 Å². The van der Waals surface area contributed by atoms with Gasteiger partial charge in [-0.3, -0.25) is 14.9 Å². The number of nitrogens with zero attached hydrogens (tertiary/aromatic N) is 1. The number of hydrogen-bond donors (Lipinski definition) is 1. The van der Waals surface area contributed by atoms with Gasteiger partial charge in [0.1, 0.15) is 11.6 Å². The summed E-state index contributed by atoms with van der Waals surface area (Å²) in [4.78, 5) is 26.4. The van der Waals surface area contributed by atoms with E-state index >= 15 is 0 Å². The lowest BCUT2D eigenvalue weighted by atomic mass is 10.0. The third-order valence-electron chi connectivity index (χ3n) is 4.98. The highest BCUT2D eigenvalue weighted by Crippen LogP contribution is 2.27. The first kappa shape index (κ1) is 20.3. The number of fused-ring (bicyclic) bond motifs is 2. The fourth-order valence-corrected chi connectivity index (χ4v) is 3.46. The van der Waals surface area contributed by atoms with Crippen LogP contribution in [0.5, 0.6) is 0 Å². The number of carbonyl (C=O) groups excluding carboxylic acids is 2. The molecule has 1 aromatic heterocycles.